The van der Waals surface area contributed by atoms with Gasteiger partial charge in [0.05, 0.1) is 11.0 Å². The van der Waals surface area contributed by atoms with Crippen LogP contribution in [0.1, 0.15) is 0 Å². The van der Waals surface area contributed by atoms with Gasteiger partial charge in [-0.1, -0.05) is 170 Å². The maximum absolute atomic E-state index is 5.35. The third kappa shape index (κ3) is 6.04. The highest BCUT2D eigenvalue weighted by Crippen LogP contribution is 2.41. The van der Waals surface area contributed by atoms with Crippen molar-refractivity contribution >= 4 is 54.1 Å². The van der Waals surface area contributed by atoms with Crippen LogP contribution in [-0.4, -0.2) is 19.5 Å². The molecule has 0 aliphatic carbocycles. The second-order valence-electron chi connectivity index (χ2n) is 15.6. The predicted molar refractivity (Wildman–Crippen MR) is 254 cm³/mol. The van der Waals surface area contributed by atoms with Crippen molar-refractivity contribution in [1.82, 2.24) is 19.5 Å². The summed E-state index contributed by atoms with van der Waals surface area (Å²) in [5, 5.41) is 9.54. The maximum atomic E-state index is 5.35. The van der Waals surface area contributed by atoms with E-state index in [-0.39, 0.29) is 0 Å². The average molecular weight is 777 g/mol. The molecular formula is C57H36N4. The fourth-order valence-electron chi connectivity index (χ4n) is 9.02. The fourth-order valence-corrected chi connectivity index (χ4v) is 9.02. The molecule has 2 heterocycles. The first-order valence-corrected chi connectivity index (χ1v) is 20.7. The summed E-state index contributed by atoms with van der Waals surface area (Å²) in [4.78, 5) is 15.8. The van der Waals surface area contributed by atoms with Gasteiger partial charge in [-0.2, -0.15) is 0 Å². The summed E-state index contributed by atoms with van der Waals surface area (Å²) in [6.45, 7) is 0. The zero-order chi connectivity index (χ0) is 40.3. The summed E-state index contributed by atoms with van der Waals surface area (Å²) >= 11 is 0. The van der Waals surface area contributed by atoms with E-state index in [0.717, 1.165) is 66.4 Å². The SMILES string of the molecule is c1ccc(-c2cccc(-c3cc(-n4c5cc6ccccc6cc5c5cc6ccccc6cc54)ccc3-c3nc(-c4ccccc4)nc(-c4cccc5ccccc45)n3)c2)cc1. The second kappa shape index (κ2) is 14.3. The van der Waals surface area contributed by atoms with Crippen molar-refractivity contribution < 1.29 is 0 Å². The van der Waals surface area contributed by atoms with Crippen molar-refractivity contribution in [3.05, 3.63) is 218 Å². The zero-order valence-electron chi connectivity index (χ0n) is 33.1. The monoisotopic (exact) mass is 776 g/mol. The summed E-state index contributed by atoms with van der Waals surface area (Å²) in [6.07, 6.45) is 0. The average Bonchev–Trinajstić information content (AvgIpc) is 3.64. The van der Waals surface area contributed by atoms with Gasteiger partial charge in [0.15, 0.2) is 17.5 Å². The Labute approximate surface area is 352 Å². The third-order valence-corrected chi connectivity index (χ3v) is 12.0. The Kier molecular flexibility index (Phi) is 8.13. The topological polar surface area (TPSA) is 43.6 Å². The van der Waals surface area contributed by atoms with Crippen LogP contribution in [0, 0.1) is 0 Å². The minimum absolute atomic E-state index is 0.614. The van der Waals surface area contributed by atoms with Gasteiger partial charge in [0.25, 0.3) is 0 Å². The van der Waals surface area contributed by atoms with Gasteiger partial charge in [0.2, 0.25) is 0 Å². The van der Waals surface area contributed by atoms with Gasteiger partial charge in [-0.15, -0.1) is 0 Å². The van der Waals surface area contributed by atoms with Gasteiger partial charge < -0.3 is 4.57 Å². The summed E-state index contributed by atoms with van der Waals surface area (Å²) < 4.78 is 2.43. The Balaban J connectivity index is 1.15. The molecule has 0 atom stereocenters. The van der Waals surface area contributed by atoms with E-state index in [1.165, 1.54) is 32.3 Å². The van der Waals surface area contributed by atoms with Crippen molar-refractivity contribution in [2.75, 3.05) is 0 Å². The van der Waals surface area contributed by atoms with Crippen LogP contribution >= 0.6 is 0 Å². The van der Waals surface area contributed by atoms with E-state index in [4.69, 9.17) is 15.0 Å². The van der Waals surface area contributed by atoms with Gasteiger partial charge in [0, 0.05) is 33.2 Å². The quantitative estimate of drug-likeness (QED) is 0.169. The molecule has 0 radical (unpaired) electrons. The molecule has 0 aliphatic rings. The molecule has 0 bridgehead atoms. The summed E-state index contributed by atoms with van der Waals surface area (Å²) in [7, 11) is 0. The number of hydrogen-bond donors (Lipinski definition) is 0. The Morgan fingerprint density at radius 1 is 0.262 bits per heavy atom. The van der Waals surface area contributed by atoms with E-state index < -0.39 is 0 Å². The highest BCUT2D eigenvalue weighted by atomic mass is 15.0. The van der Waals surface area contributed by atoms with Crippen LogP contribution in [0.2, 0.25) is 0 Å². The number of nitrogens with zero attached hydrogens (tertiary/aromatic N) is 4. The Morgan fingerprint density at radius 3 is 1.43 bits per heavy atom. The molecule has 0 fully saturated rings. The molecular weight excluding hydrogens is 741 g/mol. The minimum Gasteiger partial charge on any atom is -0.309 e. The Bertz CT molecular complexity index is 3550. The molecule has 284 valence electrons. The van der Waals surface area contributed by atoms with Gasteiger partial charge in [-0.3, -0.25) is 0 Å². The van der Waals surface area contributed by atoms with Crippen LogP contribution in [0.5, 0.6) is 0 Å². The molecule has 0 saturated heterocycles. The van der Waals surface area contributed by atoms with Gasteiger partial charge in [-0.25, -0.2) is 15.0 Å². The molecule has 0 aliphatic heterocycles. The lowest BCUT2D eigenvalue weighted by Gasteiger charge is -2.16. The molecule has 0 spiro atoms. The van der Waals surface area contributed by atoms with Gasteiger partial charge in [0.1, 0.15) is 0 Å². The maximum Gasteiger partial charge on any atom is 0.164 e. The summed E-state index contributed by atoms with van der Waals surface area (Å²) in [5.41, 5.74) is 10.6. The molecule has 10 aromatic carbocycles. The van der Waals surface area contributed by atoms with Crippen molar-refractivity contribution in [2.24, 2.45) is 0 Å². The zero-order valence-corrected chi connectivity index (χ0v) is 33.1. The standard InChI is InChI=1S/C57H36N4/c1-3-15-37(16-4-1)40-25-13-26-45(31-40)50-36-46(61-53-34-43-22-9-7-20-41(43)32-51(53)52-33-42-21-8-10-23-44(42)35-54(52)61)29-30-49(50)57-59-55(39-18-5-2-6-19-39)58-56(60-57)48-28-14-24-38-17-11-12-27-47(38)48/h1-36H. The summed E-state index contributed by atoms with van der Waals surface area (Å²) in [5.74, 6) is 1.88. The normalized spacial score (nSPS) is 11.6. The Morgan fingerprint density at radius 2 is 0.754 bits per heavy atom. The lowest BCUT2D eigenvalue weighted by Crippen LogP contribution is -2.02. The molecule has 61 heavy (non-hydrogen) atoms. The molecule has 2 aromatic heterocycles. The number of fused-ring (bicyclic) bond motifs is 6. The molecule has 12 aromatic rings. The number of rotatable bonds is 6. The van der Waals surface area contributed by atoms with Gasteiger partial charge in [-0.05, 0) is 103 Å². The Hall–Kier alpha value is -8.21. The van der Waals surface area contributed by atoms with Crippen LogP contribution in [0.25, 0.3) is 116 Å². The van der Waals surface area contributed by atoms with Crippen LogP contribution in [0.4, 0.5) is 0 Å². The first kappa shape index (κ1) is 34.8. The fraction of sp³-hybridized carbons (Fsp3) is 0. The van der Waals surface area contributed by atoms with Gasteiger partial charge >= 0.3 is 0 Å². The van der Waals surface area contributed by atoms with Crippen LogP contribution in [-0.2, 0) is 0 Å². The highest BCUT2D eigenvalue weighted by Gasteiger charge is 2.21. The van der Waals surface area contributed by atoms with Crippen LogP contribution < -0.4 is 0 Å². The molecule has 0 N–H and O–H groups in total. The van der Waals surface area contributed by atoms with Crippen molar-refractivity contribution in [3.8, 4) is 62.1 Å². The molecule has 12 rings (SSSR count). The van der Waals surface area contributed by atoms with Crippen LogP contribution in [0.3, 0.4) is 0 Å². The van der Waals surface area contributed by atoms with Crippen molar-refractivity contribution in [1.29, 1.82) is 0 Å². The van der Waals surface area contributed by atoms with E-state index in [1.54, 1.807) is 0 Å². The van der Waals surface area contributed by atoms with E-state index in [2.05, 4.69) is 205 Å². The summed E-state index contributed by atoms with van der Waals surface area (Å²) in [6, 6.07) is 77.8. The lowest BCUT2D eigenvalue weighted by atomic mass is 9.94. The van der Waals surface area contributed by atoms with E-state index in [1.807, 2.05) is 18.2 Å². The van der Waals surface area contributed by atoms with Crippen LogP contribution in [0.15, 0.2) is 218 Å². The molecule has 0 unspecified atom stereocenters. The lowest BCUT2D eigenvalue weighted by molar-refractivity contribution is 1.08. The first-order valence-electron chi connectivity index (χ1n) is 20.7. The van der Waals surface area contributed by atoms with E-state index in [9.17, 15) is 0 Å². The largest absolute Gasteiger partial charge is 0.309 e. The molecule has 4 heteroatoms. The number of benzene rings is 10. The predicted octanol–water partition coefficient (Wildman–Crippen LogP) is 14.8. The first-order chi connectivity index (χ1) is 30.2. The second-order valence-corrected chi connectivity index (χ2v) is 15.6. The van der Waals surface area contributed by atoms with Crippen molar-refractivity contribution in [2.45, 2.75) is 0 Å². The number of aromatic nitrogens is 4. The van der Waals surface area contributed by atoms with E-state index >= 15 is 0 Å². The van der Waals surface area contributed by atoms with Crippen molar-refractivity contribution in [3.63, 3.8) is 0 Å². The third-order valence-electron chi connectivity index (χ3n) is 12.0. The molecule has 4 nitrogen and oxygen atoms in total. The molecule has 0 amide bonds. The number of hydrogen-bond acceptors (Lipinski definition) is 3. The minimum atomic E-state index is 0.614. The highest BCUT2D eigenvalue weighted by molar-refractivity contribution is 6.17. The van der Waals surface area contributed by atoms with E-state index in [0.29, 0.717) is 17.5 Å². The molecule has 0 saturated carbocycles. The smallest absolute Gasteiger partial charge is 0.164 e.